The first-order valence-corrected chi connectivity index (χ1v) is 7.18. The number of nitrogens with one attached hydrogen (secondary N) is 1. The minimum atomic E-state index is -3.11. The molecule has 1 aromatic heterocycles. The van der Waals surface area contributed by atoms with Crippen molar-refractivity contribution in [3.63, 3.8) is 0 Å². The fourth-order valence-electron chi connectivity index (χ4n) is 1.92. The molecule has 18 heavy (non-hydrogen) atoms. The van der Waals surface area contributed by atoms with Crippen molar-refractivity contribution in [3.8, 4) is 6.07 Å². The zero-order valence-electron chi connectivity index (χ0n) is 10.1. The summed E-state index contributed by atoms with van der Waals surface area (Å²) in [6, 6.07) is 3.59. The molecule has 0 aromatic carbocycles. The number of anilines is 1. The second kappa shape index (κ2) is 4.42. The predicted octanol–water partition coefficient (Wildman–Crippen LogP) is 1.29. The van der Waals surface area contributed by atoms with Gasteiger partial charge < -0.3 is 5.32 Å². The Morgan fingerprint density at radius 3 is 2.78 bits per heavy atom. The van der Waals surface area contributed by atoms with Crippen molar-refractivity contribution < 1.29 is 8.42 Å². The van der Waals surface area contributed by atoms with Crippen molar-refractivity contribution in [3.05, 3.63) is 34.4 Å². The van der Waals surface area contributed by atoms with Gasteiger partial charge in [-0.25, -0.2) is 13.4 Å². The summed E-state index contributed by atoms with van der Waals surface area (Å²) in [5.41, 5.74) is 2.08. The third-order valence-corrected chi connectivity index (χ3v) is 4.10. The summed E-state index contributed by atoms with van der Waals surface area (Å²) in [7, 11) is -3.11. The first-order chi connectivity index (χ1) is 8.41. The number of nitriles is 1. The molecule has 6 heteroatoms. The van der Waals surface area contributed by atoms with Gasteiger partial charge in [-0.2, -0.15) is 5.26 Å². The van der Waals surface area contributed by atoms with Gasteiger partial charge in [0.25, 0.3) is 0 Å². The Hall–Kier alpha value is -1.87. The van der Waals surface area contributed by atoms with Crippen molar-refractivity contribution in [1.82, 2.24) is 4.98 Å². The van der Waals surface area contributed by atoms with Crippen LogP contribution in [-0.4, -0.2) is 25.2 Å². The number of nitrogens with zero attached hydrogens (tertiary/aromatic N) is 2. The summed E-state index contributed by atoms with van der Waals surface area (Å²) in [5.74, 6) is 0.453. The van der Waals surface area contributed by atoms with E-state index < -0.39 is 9.84 Å². The van der Waals surface area contributed by atoms with Gasteiger partial charge in [-0.15, -0.1) is 0 Å². The van der Waals surface area contributed by atoms with E-state index >= 15 is 0 Å². The van der Waals surface area contributed by atoms with Gasteiger partial charge in [0, 0.05) is 11.1 Å². The normalized spacial score (nSPS) is 20.6. The van der Waals surface area contributed by atoms with Crippen LogP contribution in [-0.2, 0) is 9.84 Å². The summed E-state index contributed by atoms with van der Waals surface area (Å²) >= 11 is 0. The topological polar surface area (TPSA) is 82.9 Å². The number of aryl methyl sites for hydroxylation is 2. The zero-order valence-corrected chi connectivity index (χ0v) is 11.0. The second-order valence-corrected chi connectivity index (χ2v) is 6.26. The van der Waals surface area contributed by atoms with Gasteiger partial charge in [0.1, 0.15) is 11.9 Å². The van der Waals surface area contributed by atoms with E-state index in [0.717, 1.165) is 11.3 Å². The number of hydrogen-bond acceptors (Lipinski definition) is 5. The van der Waals surface area contributed by atoms with Gasteiger partial charge in [-0.3, -0.25) is 0 Å². The van der Waals surface area contributed by atoms with Crippen molar-refractivity contribution in [2.75, 3.05) is 11.1 Å². The summed E-state index contributed by atoms with van der Waals surface area (Å²) in [5, 5.41) is 13.3. The number of pyridine rings is 1. The molecule has 0 aliphatic carbocycles. The van der Waals surface area contributed by atoms with Crippen LogP contribution in [0.25, 0.3) is 0 Å². The van der Waals surface area contributed by atoms with E-state index in [4.69, 9.17) is 5.26 Å². The summed E-state index contributed by atoms with van der Waals surface area (Å²) in [4.78, 5) is 4.25. The fraction of sp³-hybridized carbons (Fsp3) is 0.333. The molecule has 0 saturated carbocycles. The molecule has 1 unspecified atom stereocenters. The molecular formula is C12H13N3O2S. The standard InChI is InChI=1S/C12H13N3O2S/c1-8-5-9(2)14-12(11(8)6-13)15-10-3-4-18(16,17)7-10/h3-5,10H,7H2,1-2H3,(H,14,15). The van der Waals surface area contributed by atoms with Crippen molar-refractivity contribution >= 4 is 15.7 Å². The Morgan fingerprint density at radius 1 is 1.50 bits per heavy atom. The van der Waals surface area contributed by atoms with Crippen molar-refractivity contribution in [1.29, 1.82) is 5.26 Å². The highest BCUT2D eigenvalue weighted by molar-refractivity contribution is 7.94. The maximum Gasteiger partial charge on any atom is 0.173 e. The lowest BCUT2D eigenvalue weighted by molar-refractivity contribution is 0.605. The summed E-state index contributed by atoms with van der Waals surface area (Å²) in [6.07, 6.45) is 1.58. The summed E-state index contributed by atoms with van der Waals surface area (Å²) < 4.78 is 22.6. The van der Waals surface area contributed by atoms with Gasteiger partial charge >= 0.3 is 0 Å². The van der Waals surface area contributed by atoms with E-state index in [-0.39, 0.29) is 11.8 Å². The molecule has 2 heterocycles. The number of sulfone groups is 1. The molecule has 1 aliphatic heterocycles. The molecule has 1 atom stereocenters. The average molecular weight is 263 g/mol. The molecule has 94 valence electrons. The Labute approximate surface area is 106 Å². The number of hydrogen-bond donors (Lipinski definition) is 1. The van der Waals surface area contributed by atoms with Crippen LogP contribution in [0, 0.1) is 25.2 Å². The number of aromatic nitrogens is 1. The predicted molar refractivity (Wildman–Crippen MR) is 68.8 cm³/mol. The maximum absolute atomic E-state index is 11.3. The Morgan fingerprint density at radius 2 is 2.22 bits per heavy atom. The lowest BCUT2D eigenvalue weighted by atomic mass is 10.1. The Bertz CT molecular complexity index is 657. The largest absolute Gasteiger partial charge is 0.362 e. The smallest absolute Gasteiger partial charge is 0.173 e. The third kappa shape index (κ3) is 2.51. The van der Waals surface area contributed by atoms with Gasteiger partial charge in [-0.05, 0) is 31.6 Å². The molecule has 1 aromatic rings. The van der Waals surface area contributed by atoms with Gasteiger partial charge in [-0.1, -0.05) is 0 Å². The van der Waals surface area contributed by atoms with Crippen LogP contribution in [0.4, 0.5) is 5.82 Å². The van der Waals surface area contributed by atoms with Gasteiger partial charge in [0.15, 0.2) is 9.84 Å². The van der Waals surface area contributed by atoms with E-state index in [1.807, 2.05) is 19.9 Å². The first-order valence-electron chi connectivity index (χ1n) is 5.47. The van der Waals surface area contributed by atoms with Crippen LogP contribution in [0.1, 0.15) is 16.8 Å². The molecule has 0 saturated heterocycles. The minimum absolute atomic E-state index is 0.00649. The second-order valence-electron chi connectivity index (χ2n) is 4.32. The van der Waals surface area contributed by atoms with E-state index in [1.165, 1.54) is 5.41 Å². The van der Waals surface area contributed by atoms with Gasteiger partial charge in [0.05, 0.1) is 17.4 Å². The zero-order chi connectivity index (χ0) is 13.3. The van der Waals surface area contributed by atoms with Gasteiger partial charge in [0.2, 0.25) is 0 Å². The molecule has 0 amide bonds. The highest BCUT2D eigenvalue weighted by Crippen LogP contribution is 2.20. The molecule has 1 N–H and O–H groups in total. The van der Waals surface area contributed by atoms with Crippen LogP contribution in [0.5, 0.6) is 0 Å². The average Bonchev–Trinajstić information content (AvgIpc) is 2.57. The van der Waals surface area contributed by atoms with Crippen LogP contribution < -0.4 is 5.32 Å². The van der Waals surface area contributed by atoms with Crippen LogP contribution >= 0.6 is 0 Å². The first kappa shape index (κ1) is 12.6. The van der Waals surface area contributed by atoms with E-state index in [9.17, 15) is 8.42 Å². The third-order valence-electron chi connectivity index (χ3n) is 2.71. The van der Waals surface area contributed by atoms with Crippen molar-refractivity contribution in [2.24, 2.45) is 0 Å². The molecule has 0 fully saturated rings. The molecule has 0 radical (unpaired) electrons. The Balaban J connectivity index is 2.31. The van der Waals surface area contributed by atoms with E-state index in [1.54, 1.807) is 6.08 Å². The Kier molecular flexibility index (Phi) is 3.09. The molecule has 0 spiro atoms. The lowest BCUT2D eigenvalue weighted by Gasteiger charge is -2.13. The lowest BCUT2D eigenvalue weighted by Crippen LogP contribution is -2.22. The number of rotatable bonds is 2. The highest BCUT2D eigenvalue weighted by atomic mass is 32.2. The minimum Gasteiger partial charge on any atom is -0.362 e. The molecule has 0 bridgehead atoms. The monoisotopic (exact) mass is 263 g/mol. The fourth-order valence-corrected chi connectivity index (χ4v) is 3.16. The van der Waals surface area contributed by atoms with Crippen LogP contribution in [0.15, 0.2) is 17.6 Å². The van der Waals surface area contributed by atoms with Crippen molar-refractivity contribution in [2.45, 2.75) is 19.9 Å². The molecule has 2 rings (SSSR count). The molecular weight excluding hydrogens is 250 g/mol. The summed E-state index contributed by atoms with van der Waals surface area (Å²) in [6.45, 7) is 3.67. The highest BCUT2D eigenvalue weighted by Gasteiger charge is 2.23. The van der Waals surface area contributed by atoms with Crippen LogP contribution in [0.2, 0.25) is 0 Å². The molecule has 1 aliphatic rings. The SMILES string of the molecule is Cc1cc(C)c(C#N)c(NC2C=CS(=O)(=O)C2)n1. The van der Waals surface area contributed by atoms with E-state index in [2.05, 4.69) is 16.4 Å². The molecule has 5 nitrogen and oxygen atoms in total. The maximum atomic E-state index is 11.3. The van der Waals surface area contributed by atoms with E-state index in [0.29, 0.717) is 11.4 Å². The quantitative estimate of drug-likeness (QED) is 0.869. The van der Waals surface area contributed by atoms with Crippen LogP contribution in [0.3, 0.4) is 0 Å².